The van der Waals surface area contributed by atoms with Crippen LogP contribution in [0.1, 0.15) is 5.69 Å². The smallest absolute Gasteiger partial charge is 0.151 e. The zero-order chi connectivity index (χ0) is 11.0. The maximum atomic E-state index is 5.68. The second-order valence-corrected chi connectivity index (χ2v) is 3.79. The van der Waals surface area contributed by atoms with Gasteiger partial charge in [-0.05, 0) is 12.1 Å². The van der Waals surface area contributed by atoms with Crippen molar-refractivity contribution in [3.05, 3.63) is 23.0 Å². The van der Waals surface area contributed by atoms with Crippen molar-refractivity contribution in [2.75, 3.05) is 6.61 Å². The summed E-state index contributed by atoms with van der Waals surface area (Å²) >= 11 is 5.68. The molecule has 0 saturated heterocycles. The average molecular weight is 238 g/mol. The van der Waals surface area contributed by atoms with Crippen LogP contribution >= 0.6 is 11.6 Å². The van der Waals surface area contributed by atoms with Gasteiger partial charge in [0.2, 0.25) is 0 Å². The van der Waals surface area contributed by atoms with Gasteiger partial charge >= 0.3 is 0 Å². The Balaban J connectivity index is 2.06. The minimum atomic E-state index is 0.362. The third-order valence-electron chi connectivity index (χ3n) is 2.40. The Hall–Kier alpha value is -1.53. The molecule has 7 heteroatoms. The van der Waals surface area contributed by atoms with Crippen molar-refractivity contribution in [1.82, 2.24) is 25.2 Å². The molecule has 0 fully saturated rings. The number of hydrogen-bond donors (Lipinski definition) is 0. The normalized spacial score (nSPS) is 14.8. The summed E-state index contributed by atoms with van der Waals surface area (Å²) in [7, 11) is 0. The van der Waals surface area contributed by atoms with Gasteiger partial charge in [0.1, 0.15) is 11.4 Å². The highest BCUT2D eigenvalue weighted by atomic mass is 35.5. The molecule has 0 atom stereocenters. The van der Waals surface area contributed by atoms with Crippen LogP contribution in [-0.2, 0) is 17.9 Å². The van der Waals surface area contributed by atoms with Gasteiger partial charge in [-0.1, -0.05) is 16.8 Å². The monoisotopic (exact) mass is 237 g/mol. The molecule has 2 aromatic rings. The van der Waals surface area contributed by atoms with E-state index in [1.807, 2.05) is 4.68 Å². The van der Waals surface area contributed by atoms with Crippen LogP contribution in [0, 0.1) is 0 Å². The number of ether oxygens (including phenoxy) is 1. The highest BCUT2D eigenvalue weighted by Gasteiger charge is 2.19. The van der Waals surface area contributed by atoms with Gasteiger partial charge in [-0.15, -0.1) is 15.3 Å². The van der Waals surface area contributed by atoms with Gasteiger partial charge in [-0.25, -0.2) is 4.68 Å². The predicted octanol–water partition coefficient (Wildman–Crippen LogP) is 0.919. The summed E-state index contributed by atoms with van der Waals surface area (Å²) in [6.45, 7) is 1.90. The van der Waals surface area contributed by atoms with Gasteiger partial charge in [0.15, 0.2) is 5.15 Å². The maximum Gasteiger partial charge on any atom is 0.151 e. The molecule has 0 bridgehead atoms. The minimum absolute atomic E-state index is 0.362. The lowest BCUT2D eigenvalue weighted by Crippen LogP contribution is -2.17. The second-order valence-electron chi connectivity index (χ2n) is 3.40. The third-order valence-corrected chi connectivity index (χ3v) is 2.60. The Morgan fingerprint density at radius 2 is 2.19 bits per heavy atom. The highest BCUT2D eigenvalue weighted by molar-refractivity contribution is 6.29. The summed E-state index contributed by atoms with van der Waals surface area (Å²) in [6.07, 6.45) is 0. The fourth-order valence-electron chi connectivity index (χ4n) is 1.62. The van der Waals surface area contributed by atoms with Crippen LogP contribution < -0.4 is 0 Å². The molecule has 82 valence electrons. The topological polar surface area (TPSA) is 65.7 Å². The Labute approximate surface area is 96.2 Å². The fraction of sp³-hybridized carbons (Fsp3) is 0.333. The molecule has 0 aromatic carbocycles. The molecule has 0 aliphatic carbocycles. The Morgan fingerprint density at radius 3 is 3.00 bits per heavy atom. The van der Waals surface area contributed by atoms with E-state index >= 15 is 0 Å². The molecule has 3 heterocycles. The number of halogens is 1. The van der Waals surface area contributed by atoms with Gasteiger partial charge in [-0.3, -0.25) is 0 Å². The van der Waals surface area contributed by atoms with E-state index in [-0.39, 0.29) is 0 Å². The van der Waals surface area contributed by atoms with Crippen molar-refractivity contribution in [2.24, 2.45) is 0 Å². The molecule has 3 rings (SSSR count). The Kier molecular flexibility index (Phi) is 2.30. The third kappa shape index (κ3) is 1.56. The number of nitrogens with zero attached hydrogens (tertiary/aromatic N) is 5. The van der Waals surface area contributed by atoms with Crippen LogP contribution in [0.2, 0.25) is 5.15 Å². The van der Waals surface area contributed by atoms with Crippen LogP contribution in [-0.4, -0.2) is 31.8 Å². The van der Waals surface area contributed by atoms with Crippen molar-refractivity contribution in [2.45, 2.75) is 13.2 Å². The van der Waals surface area contributed by atoms with Gasteiger partial charge in [0, 0.05) is 0 Å². The number of aromatic nitrogens is 5. The van der Waals surface area contributed by atoms with Crippen LogP contribution in [0.4, 0.5) is 0 Å². The lowest BCUT2D eigenvalue weighted by Gasteiger charge is -2.13. The lowest BCUT2D eigenvalue weighted by molar-refractivity contribution is 0.0801. The molecular formula is C9H8ClN5O. The van der Waals surface area contributed by atoms with E-state index in [2.05, 4.69) is 20.5 Å². The first-order valence-corrected chi connectivity index (χ1v) is 5.22. The predicted molar refractivity (Wildman–Crippen MR) is 55.7 cm³/mol. The van der Waals surface area contributed by atoms with Gasteiger partial charge in [0.25, 0.3) is 0 Å². The van der Waals surface area contributed by atoms with E-state index in [1.54, 1.807) is 12.1 Å². The molecule has 6 nitrogen and oxygen atoms in total. The van der Waals surface area contributed by atoms with E-state index < -0.39 is 0 Å². The van der Waals surface area contributed by atoms with Gasteiger partial charge < -0.3 is 4.74 Å². The first-order chi connectivity index (χ1) is 7.84. The quantitative estimate of drug-likeness (QED) is 0.738. The van der Waals surface area contributed by atoms with E-state index in [0.717, 1.165) is 12.2 Å². The highest BCUT2D eigenvalue weighted by Crippen LogP contribution is 2.21. The van der Waals surface area contributed by atoms with Gasteiger partial charge in [0.05, 0.1) is 25.5 Å². The Bertz CT molecular complexity index is 509. The molecule has 0 N–H and O–H groups in total. The van der Waals surface area contributed by atoms with Crippen molar-refractivity contribution in [1.29, 1.82) is 0 Å². The molecule has 0 radical (unpaired) electrons. The molecule has 0 spiro atoms. The van der Waals surface area contributed by atoms with Crippen molar-refractivity contribution in [3.8, 4) is 11.4 Å². The van der Waals surface area contributed by atoms with Crippen molar-refractivity contribution < 1.29 is 4.74 Å². The Morgan fingerprint density at radius 1 is 1.25 bits per heavy atom. The fourth-order valence-corrected chi connectivity index (χ4v) is 1.72. The zero-order valence-electron chi connectivity index (χ0n) is 8.30. The van der Waals surface area contributed by atoms with Crippen LogP contribution in [0.3, 0.4) is 0 Å². The number of fused-ring (bicyclic) bond motifs is 1. The molecule has 1 aliphatic heterocycles. The van der Waals surface area contributed by atoms with Crippen molar-refractivity contribution >= 4 is 11.6 Å². The number of rotatable bonds is 1. The summed E-state index contributed by atoms with van der Waals surface area (Å²) in [5.74, 6) is 0. The summed E-state index contributed by atoms with van der Waals surface area (Å²) < 4.78 is 7.19. The van der Waals surface area contributed by atoms with Gasteiger partial charge in [-0.2, -0.15) is 0 Å². The van der Waals surface area contributed by atoms with E-state index in [9.17, 15) is 0 Å². The standard InChI is InChI=1S/C9H8ClN5O/c10-8-2-1-6(11-12-8)9-7-5-16-4-3-15(7)14-13-9/h1-2H,3-5H2. The van der Waals surface area contributed by atoms with Crippen LogP contribution in [0.15, 0.2) is 12.1 Å². The van der Waals surface area contributed by atoms with Crippen LogP contribution in [0.25, 0.3) is 11.4 Å². The summed E-state index contributed by atoms with van der Waals surface area (Å²) in [6, 6.07) is 3.45. The molecule has 0 unspecified atom stereocenters. The zero-order valence-corrected chi connectivity index (χ0v) is 9.05. The SMILES string of the molecule is Clc1ccc(-c2nnn3c2COCC3)nn1. The number of hydrogen-bond acceptors (Lipinski definition) is 5. The maximum absolute atomic E-state index is 5.68. The second kappa shape index (κ2) is 3.80. The lowest BCUT2D eigenvalue weighted by atomic mass is 10.2. The molecular weight excluding hydrogens is 230 g/mol. The summed E-state index contributed by atoms with van der Waals surface area (Å²) in [5, 5.41) is 16.2. The van der Waals surface area contributed by atoms with Crippen LogP contribution in [0.5, 0.6) is 0 Å². The first-order valence-electron chi connectivity index (χ1n) is 4.84. The molecule has 0 saturated carbocycles. The average Bonchev–Trinajstić information content (AvgIpc) is 2.74. The summed E-state index contributed by atoms with van der Waals surface area (Å²) in [5.41, 5.74) is 2.31. The molecule has 0 amide bonds. The van der Waals surface area contributed by atoms with E-state index in [4.69, 9.17) is 16.3 Å². The first kappa shape index (κ1) is 9.68. The van der Waals surface area contributed by atoms with Crippen molar-refractivity contribution in [3.63, 3.8) is 0 Å². The minimum Gasteiger partial charge on any atom is -0.373 e. The molecule has 2 aromatic heterocycles. The summed E-state index contributed by atoms with van der Waals surface area (Å²) in [4.78, 5) is 0. The van der Waals surface area contributed by atoms with E-state index in [1.165, 1.54) is 0 Å². The van der Waals surface area contributed by atoms with E-state index in [0.29, 0.717) is 29.8 Å². The largest absolute Gasteiger partial charge is 0.373 e. The molecule has 1 aliphatic rings. The molecule has 16 heavy (non-hydrogen) atoms.